The van der Waals surface area contributed by atoms with Crippen LogP contribution < -0.4 is 5.73 Å². The van der Waals surface area contributed by atoms with Gasteiger partial charge in [-0.1, -0.05) is 0 Å². The second-order valence-corrected chi connectivity index (χ2v) is 3.82. The topological polar surface area (TPSA) is 83.6 Å². The molecule has 80 valence electrons. The van der Waals surface area contributed by atoms with Crippen molar-refractivity contribution in [2.45, 2.75) is 25.3 Å². The highest BCUT2D eigenvalue weighted by atomic mass is 16.3. The van der Waals surface area contributed by atoms with Gasteiger partial charge in [-0.2, -0.15) is 0 Å². The van der Waals surface area contributed by atoms with Crippen LogP contribution in [0.5, 0.6) is 11.5 Å². The van der Waals surface area contributed by atoms with E-state index in [0.29, 0.717) is 24.0 Å². The Balaban J connectivity index is 2.58. The van der Waals surface area contributed by atoms with E-state index >= 15 is 0 Å². The van der Waals surface area contributed by atoms with Crippen molar-refractivity contribution < 1.29 is 15.0 Å². The number of benzene rings is 1. The number of carbonyl (C=O) groups excluding carboxylic acids is 1. The minimum atomic E-state index is -0.491. The Labute approximate surface area is 87.3 Å². The summed E-state index contributed by atoms with van der Waals surface area (Å²) in [5.41, 5.74) is 6.65. The van der Waals surface area contributed by atoms with E-state index in [4.69, 9.17) is 5.73 Å². The number of phenols is 2. The molecule has 1 atom stereocenters. The lowest BCUT2D eigenvalue weighted by Crippen LogP contribution is -2.29. The molecule has 15 heavy (non-hydrogen) atoms. The molecule has 1 aromatic carbocycles. The van der Waals surface area contributed by atoms with Gasteiger partial charge < -0.3 is 15.9 Å². The summed E-state index contributed by atoms with van der Waals surface area (Å²) < 4.78 is 0. The number of phenolic OH excluding ortho intramolecular Hbond substituents is 2. The van der Waals surface area contributed by atoms with Gasteiger partial charge in [-0.3, -0.25) is 4.79 Å². The highest BCUT2D eigenvalue weighted by Crippen LogP contribution is 2.34. The molecule has 4 heteroatoms. The molecule has 0 spiro atoms. The maximum atomic E-state index is 11.8. The molecule has 0 saturated carbocycles. The second kappa shape index (κ2) is 3.55. The van der Waals surface area contributed by atoms with Gasteiger partial charge in [-0.05, 0) is 31.4 Å². The third-order valence-electron chi connectivity index (χ3n) is 2.81. The molecule has 0 amide bonds. The van der Waals surface area contributed by atoms with Crippen LogP contribution in [-0.4, -0.2) is 22.0 Å². The Hall–Kier alpha value is -1.55. The Morgan fingerprint density at radius 2 is 2.07 bits per heavy atom. The first-order chi connectivity index (χ1) is 7.11. The summed E-state index contributed by atoms with van der Waals surface area (Å²) in [4.78, 5) is 11.8. The third kappa shape index (κ3) is 1.57. The first-order valence-electron chi connectivity index (χ1n) is 4.95. The van der Waals surface area contributed by atoms with Gasteiger partial charge in [0.05, 0.1) is 6.04 Å². The molecule has 4 N–H and O–H groups in total. The summed E-state index contributed by atoms with van der Waals surface area (Å²) in [6, 6.07) is 2.36. The van der Waals surface area contributed by atoms with Crippen molar-refractivity contribution in [3.05, 3.63) is 23.3 Å². The molecule has 0 aliphatic heterocycles. The predicted molar refractivity (Wildman–Crippen MR) is 55.0 cm³/mol. The molecule has 0 saturated heterocycles. The largest absolute Gasteiger partial charge is 0.504 e. The zero-order chi connectivity index (χ0) is 11.0. The van der Waals surface area contributed by atoms with Crippen molar-refractivity contribution in [3.8, 4) is 11.5 Å². The lowest BCUT2D eigenvalue weighted by Gasteiger charge is -2.09. The molecule has 0 heterocycles. The van der Waals surface area contributed by atoms with Crippen LogP contribution in [0.2, 0.25) is 0 Å². The fraction of sp³-hybridized carbons (Fsp3) is 0.364. The zero-order valence-corrected chi connectivity index (χ0v) is 8.23. The molecule has 1 unspecified atom stereocenters. The number of hydrogen-bond acceptors (Lipinski definition) is 4. The zero-order valence-electron chi connectivity index (χ0n) is 8.23. The van der Waals surface area contributed by atoms with E-state index in [0.717, 1.165) is 6.42 Å². The van der Waals surface area contributed by atoms with Gasteiger partial charge in [0, 0.05) is 11.1 Å². The summed E-state index contributed by atoms with van der Waals surface area (Å²) in [6.45, 7) is 0. The van der Waals surface area contributed by atoms with E-state index in [1.54, 1.807) is 0 Å². The Bertz CT molecular complexity index is 415. The highest BCUT2D eigenvalue weighted by molar-refractivity contribution is 6.02. The Kier molecular flexibility index (Phi) is 2.36. The number of rotatable bonds is 0. The van der Waals surface area contributed by atoms with Crippen molar-refractivity contribution in [2.24, 2.45) is 5.73 Å². The van der Waals surface area contributed by atoms with Crippen LogP contribution in [0.15, 0.2) is 12.1 Å². The van der Waals surface area contributed by atoms with Crippen molar-refractivity contribution in [1.82, 2.24) is 0 Å². The first kappa shape index (κ1) is 9.98. The van der Waals surface area contributed by atoms with E-state index in [-0.39, 0.29) is 17.3 Å². The number of nitrogens with two attached hydrogens (primary N) is 1. The van der Waals surface area contributed by atoms with Crippen molar-refractivity contribution in [3.63, 3.8) is 0 Å². The fourth-order valence-corrected chi connectivity index (χ4v) is 1.94. The van der Waals surface area contributed by atoms with Crippen LogP contribution in [0, 0.1) is 0 Å². The molecule has 0 fully saturated rings. The first-order valence-corrected chi connectivity index (χ1v) is 4.95. The molecule has 0 aromatic heterocycles. The van der Waals surface area contributed by atoms with Gasteiger partial charge >= 0.3 is 0 Å². The number of aromatic hydroxyl groups is 2. The predicted octanol–water partition coefficient (Wildman–Crippen LogP) is 0.944. The lowest BCUT2D eigenvalue weighted by molar-refractivity contribution is 0.0959. The van der Waals surface area contributed by atoms with E-state index in [2.05, 4.69) is 0 Å². The average molecular weight is 207 g/mol. The van der Waals surface area contributed by atoms with Gasteiger partial charge in [-0.15, -0.1) is 0 Å². The monoisotopic (exact) mass is 207 g/mol. The minimum Gasteiger partial charge on any atom is -0.504 e. The summed E-state index contributed by atoms with van der Waals surface area (Å²) in [6.07, 6.45) is 1.94. The SMILES string of the molecule is NC1CCCc2c(ccc(O)c2O)C1=O. The normalized spacial score (nSPS) is 20.9. The maximum Gasteiger partial charge on any atom is 0.179 e. The summed E-state index contributed by atoms with van der Waals surface area (Å²) in [7, 11) is 0. The molecule has 2 rings (SSSR count). The molecule has 0 radical (unpaired) electrons. The number of Topliss-reactive ketones (excluding diaryl/α,β-unsaturated/α-hetero) is 1. The average Bonchev–Trinajstić information content (AvgIpc) is 2.35. The smallest absolute Gasteiger partial charge is 0.179 e. The summed E-state index contributed by atoms with van der Waals surface area (Å²) >= 11 is 0. The Morgan fingerprint density at radius 1 is 1.33 bits per heavy atom. The molecule has 1 aliphatic rings. The third-order valence-corrected chi connectivity index (χ3v) is 2.81. The Morgan fingerprint density at radius 3 is 2.80 bits per heavy atom. The van der Waals surface area contributed by atoms with Gasteiger partial charge in [0.15, 0.2) is 17.3 Å². The molecule has 0 bridgehead atoms. The van der Waals surface area contributed by atoms with Crippen LogP contribution in [0.1, 0.15) is 28.8 Å². The van der Waals surface area contributed by atoms with Crippen LogP contribution in [0.4, 0.5) is 0 Å². The lowest BCUT2D eigenvalue weighted by atomic mass is 9.99. The van der Waals surface area contributed by atoms with E-state index in [1.807, 2.05) is 0 Å². The number of hydrogen-bond donors (Lipinski definition) is 3. The van der Waals surface area contributed by atoms with Gasteiger partial charge in [0.25, 0.3) is 0 Å². The minimum absolute atomic E-state index is 0.155. The van der Waals surface area contributed by atoms with Gasteiger partial charge in [-0.25, -0.2) is 0 Å². The summed E-state index contributed by atoms with van der Waals surface area (Å²) in [5, 5.41) is 19.0. The van der Waals surface area contributed by atoms with Crippen molar-refractivity contribution in [2.75, 3.05) is 0 Å². The summed E-state index contributed by atoms with van der Waals surface area (Å²) in [5.74, 6) is -0.523. The van der Waals surface area contributed by atoms with Crippen molar-refractivity contribution in [1.29, 1.82) is 0 Å². The van der Waals surface area contributed by atoms with E-state index in [9.17, 15) is 15.0 Å². The van der Waals surface area contributed by atoms with Crippen LogP contribution in [0.3, 0.4) is 0 Å². The highest BCUT2D eigenvalue weighted by Gasteiger charge is 2.25. The maximum absolute atomic E-state index is 11.8. The number of carbonyl (C=O) groups is 1. The quantitative estimate of drug-likeness (QED) is 0.436. The van der Waals surface area contributed by atoms with E-state index in [1.165, 1.54) is 12.1 Å². The van der Waals surface area contributed by atoms with Gasteiger partial charge in [0.1, 0.15) is 0 Å². The molecule has 4 nitrogen and oxygen atoms in total. The van der Waals surface area contributed by atoms with Crippen LogP contribution in [0.25, 0.3) is 0 Å². The molecular formula is C11H13NO3. The number of fused-ring (bicyclic) bond motifs is 1. The standard InChI is InChI=1S/C11H13NO3/c12-8-3-1-2-6-7(10(8)14)4-5-9(13)11(6)15/h4-5,8,13,15H,1-3,12H2. The van der Waals surface area contributed by atoms with Crippen LogP contribution in [-0.2, 0) is 6.42 Å². The van der Waals surface area contributed by atoms with Crippen LogP contribution >= 0.6 is 0 Å². The van der Waals surface area contributed by atoms with Gasteiger partial charge in [0.2, 0.25) is 0 Å². The fourth-order valence-electron chi connectivity index (χ4n) is 1.94. The van der Waals surface area contributed by atoms with Crippen molar-refractivity contribution >= 4 is 5.78 Å². The molecule has 1 aromatic rings. The van der Waals surface area contributed by atoms with E-state index < -0.39 is 6.04 Å². The molecule has 1 aliphatic carbocycles. The molecular weight excluding hydrogens is 194 g/mol. The second-order valence-electron chi connectivity index (χ2n) is 3.82. The number of ketones is 1.